The van der Waals surface area contributed by atoms with Gasteiger partial charge in [-0.2, -0.15) is 0 Å². The Morgan fingerprint density at radius 1 is 1.04 bits per heavy atom. The van der Waals surface area contributed by atoms with Crippen molar-refractivity contribution in [2.24, 2.45) is 0 Å². The monoisotopic (exact) mass is 377 g/mol. The summed E-state index contributed by atoms with van der Waals surface area (Å²) < 4.78 is 0. The van der Waals surface area contributed by atoms with Gasteiger partial charge >= 0.3 is 0 Å². The highest BCUT2D eigenvalue weighted by Gasteiger charge is 2.22. The molecule has 136 valence electrons. The summed E-state index contributed by atoms with van der Waals surface area (Å²) in [5.74, 6) is -0.0258. The maximum absolute atomic E-state index is 12.8. The van der Waals surface area contributed by atoms with Crippen molar-refractivity contribution in [3.8, 4) is 0 Å². The van der Waals surface area contributed by atoms with Crippen molar-refractivity contribution < 1.29 is 4.79 Å². The van der Waals surface area contributed by atoms with Crippen LogP contribution in [0.15, 0.2) is 66.9 Å². The number of halogens is 1. The van der Waals surface area contributed by atoms with Crippen LogP contribution in [0.25, 0.3) is 0 Å². The van der Waals surface area contributed by atoms with Gasteiger partial charge < -0.3 is 10.2 Å². The molecule has 0 saturated carbocycles. The minimum absolute atomic E-state index is 0.0258. The smallest absolute Gasteiger partial charge is 0.272 e. The van der Waals surface area contributed by atoms with Gasteiger partial charge in [0.05, 0.1) is 11.9 Å². The molecule has 3 aromatic rings. The van der Waals surface area contributed by atoms with E-state index in [-0.39, 0.29) is 5.91 Å². The Labute approximate surface area is 163 Å². The molecule has 1 N–H and O–H groups in total. The second-order valence-electron chi connectivity index (χ2n) is 6.62. The molecule has 1 aromatic heterocycles. The SMILES string of the molecule is O=C(c1ccc(NCc2ccccc2Cl)cn1)N1CCc2ccccc2C1. The molecule has 0 radical (unpaired) electrons. The molecule has 2 aromatic carbocycles. The predicted octanol–water partition coefficient (Wildman–Crippen LogP) is 4.55. The molecule has 0 saturated heterocycles. The molecule has 0 bridgehead atoms. The van der Waals surface area contributed by atoms with Crippen LogP contribution in [0.2, 0.25) is 5.02 Å². The third-order valence-electron chi connectivity index (χ3n) is 4.84. The summed E-state index contributed by atoms with van der Waals surface area (Å²) in [7, 11) is 0. The van der Waals surface area contributed by atoms with Crippen LogP contribution in [-0.2, 0) is 19.5 Å². The average molecular weight is 378 g/mol. The summed E-state index contributed by atoms with van der Waals surface area (Å²) >= 11 is 6.17. The van der Waals surface area contributed by atoms with E-state index in [4.69, 9.17) is 11.6 Å². The Hall–Kier alpha value is -2.85. The zero-order valence-corrected chi connectivity index (χ0v) is 15.6. The molecule has 2 heterocycles. The molecular formula is C22H20ClN3O. The Kier molecular flexibility index (Phi) is 5.07. The molecule has 0 atom stereocenters. The first-order valence-electron chi connectivity index (χ1n) is 9.00. The maximum Gasteiger partial charge on any atom is 0.272 e. The lowest BCUT2D eigenvalue weighted by Gasteiger charge is -2.28. The van der Waals surface area contributed by atoms with Gasteiger partial charge in [0, 0.05) is 24.7 Å². The summed E-state index contributed by atoms with van der Waals surface area (Å²) in [6, 6.07) is 19.7. The molecule has 0 spiro atoms. The number of hydrogen-bond acceptors (Lipinski definition) is 3. The Morgan fingerprint density at radius 3 is 2.59 bits per heavy atom. The van der Waals surface area contributed by atoms with Crippen LogP contribution in [0.1, 0.15) is 27.2 Å². The Bertz CT molecular complexity index is 956. The second-order valence-corrected chi connectivity index (χ2v) is 7.03. The lowest BCUT2D eigenvalue weighted by Crippen LogP contribution is -2.36. The van der Waals surface area contributed by atoms with Crippen LogP contribution in [0, 0.1) is 0 Å². The number of rotatable bonds is 4. The van der Waals surface area contributed by atoms with Crippen LogP contribution in [-0.4, -0.2) is 22.3 Å². The van der Waals surface area contributed by atoms with Crippen LogP contribution < -0.4 is 5.32 Å². The molecule has 0 fully saturated rings. The van der Waals surface area contributed by atoms with E-state index < -0.39 is 0 Å². The highest BCUT2D eigenvalue weighted by Crippen LogP contribution is 2.21. The lowest BCUT2D eigenvalue weighted by molar-refractivity contribution is 0.0729. The molecule has 4 rings (SSSR count). The van der Waals surface area contributed by atoms with Gasteiger partial charge in [0.1, 0.15) is 5.69 Å². The zero-order valence-electron chi connectivity index (χ0n) is 14.9. The summed E-state index contributed by atoms with van der Waals surface area (Å²) in [4.78, 5) is 19.0. The topological polar surface area (TPSA) is 45.2 Å². The average Bonchev–Trinajstić information content (AvgIpc) is 2.73. The van der Waals surface area contributed by atoms with Gasteiger partial charge in [-0.1, -0.05) is 54.1 Å². The number of carbonyl (C=O) groups is 1. The number of aromatic nitrogens is 1. The molecule has 5 heteroatoms. The molecule has 1 amide bonds. The van der Waals surface area contributed by atoms with E-state index in [1.165, 1.54) is 11.1 Å². The minimum atomic E-state index is -0.0258. The van der Waals surface area contributed by atoms with Crippen molar-refractivity contribution in [2.75, 3.05) is 11.9 Å². The van der Waals surface area contributed by atoms with Gasteiger partial charge in [0.2, 0.25) is 0 Å². The van der Waals surface area contributed by atoms with Crippen molar-refractivity contribution in [3.05, 3.63) is 94.3 Å². The lowest BCUT2D eigenvalue weighted by atomic mass is 10.00. The van der Waals surface area contributed by atoms with Crippen molar-refractivity contribution in [1.82, 2.24) is 9.88 Å². The number of pyridine rings is 1. The second kappa shape index (κ2) is 7.80. The van der Waals surface area contributed by atoms with Gasteiger partial charge in [0.25, 0.3) is 5.91 Å². The molecular weight excluding hydrogens is 358 g/mol. The largest absolute Gasteiger partial charge is 0.380 e. The van der Waals surface area contributed by atoms with Gasteiger partial charge in [0.15, 0.2) is 0 Å². The van der Waals surface area contributed by atoms with E-state index in [1.54, 1.807) is 12.3 Å². The van der Waals surface area contributed by atoms with Gasteiger partial charge in [-0.25, -0.2) is 4.98 Å². The summed E-state index contributed by atoms with van der Waals surface area (Å²) in [6.45, 7) is 1.98. The van der Waals surface area contributed by atoms with Gasteiger partial charge in [-0.15, -0.1) is 0 Å². The molecule has 27 heavy (non-hydrogen) atoms. The van der Waals surface area contributed by atoms with Crippen molar-refractivity contribution in [3.63, 3.8) is 0 Å². The third-order valence-corrected chi connectivity index (χ3v) is 5.21. The van der Waals surface area contributed by atoms with E-state index in [2.05, 4.69) is 22.4 Å². The van der Waals surface area contributed by atoms with E-state index in [9.17, 15) is 4.79 Å². The van der Waals surface area contributed by atoms with Crippen LogP contribution in [0.3, 0.4) is 0 Å². The predicted molar refractivity (Wildman–Crippen MR) is 108 cm³/mol. The quantitative estimate of drug-likeness (QED) is 0.725. The molecule has 0 aliphatic carbocycles. The number of nitrogens with zero attached hydrogens (tertiary/aromatic N) is 2. The summed E-state index contributed by atoms with van der Waals surface area (Å²) in [6.07, 6.45) is 2.58. The van der Waals surface area contributed by atoms with Crippen molar-refractivity contribution in [1.29, 1.82) is 0 Å². The standard InChI is InChI=1S/C22H20ClN3O/c23-20-8-4-3-6-17(20)13-24-19-9-10-21(25-14-19)22(27)26-12-11-16-5-1-2-7-18(16)15-26/h1-10,14,24H,11-13,15H2. The first-order chi connectivity index (χ1) is 13.2. The number of nitrogens with one attached hydrogen (secondary N) is 1. The van der Waals surface area contributed by atoms with Crippen molar-refractivity contribution >= 4 is 23.2 Å². The molecule has 0 unspecified atom stereocenters. The van der Waals surface area contributed by atoms with Crippen LogP contribution >= 0.6 is 11.6 Å². The highest BCUT2D eigenvalue weighted by atomic mass is 35.5. The number of anilines is 1. The summed E-state index contributed by atoms with van der Waals surface area (Å²) in [5.41, 5.74) is 4.89. The number of fused-ring (bicyclic) bond motifs is 1. The van der Waals surface area contributed by atoms with Crippen LogP contribution in [0.5, 0.6) is 0 Å². The van der Waals surface area contributed by atoms with E-state index in [0.29, 0.717) is 18.8 Å². The molecule has 1 aliphatic heterocycles. The number of amides is 1. The van der Waals surface area contributed by atoms with E-state index >= 15 is 0 Å². The Balaban J connectivity index is 1.40. The van der Waals surface area contributed by atoms with E-state index in [0.717, 1.165) is 29.2 Å². The highest BCUT2D eigenvalue weighted by molar-refractivity contribution is 6.31. The minimum Gasteiger partial charge on any atom is -0.380 e. The van der Waals surface area contributed by atoms with Gasteiger partial charge in [-0.05, 0) is 41.3 Å². The normalized spacial score (nSPS) is 13.1. The molecule has 4 nitrogen and oxygen atoms in total. The van der Waals surface area contributed by atoms with Crippen molar-refractivity contribution in [2.45, 2.75) is 19.5 Å². The van der Waals surface area contributed by atoms with Crippen LogP contribution in [0.4, 0.5) is 5.69 Å². The van der Waals surface area contributed by atoms with E-state index in [1.807, 2.05) is 47.4 Å². The first-order valence-corrected chi connectivity index (χ1v) is 9.38. The fraction of sp³-hybridized carbons (Fsp3) is 0.182. The third kappa shape index (κ3) is 3.96. The zero-order chi connectivity index (χ0) is 18.6. The maximum atomic E-state index is 12.8. The van der Waals surface area contributed by atoms with Gasteiger partial charge in [-0.3, -0.25) is 4.79 Å². The summed E-state index contributed by atoms with van der Waals surface area (Å²) in [5, 5.41) is 4.02. The first kappa shape index (κ1) is 17.6. The molecule has 1 aliphatic rings. The fourth-order valence-electron chi connectivity index (χ4n) is 3.30. The fourth-order valence-corrected chi connectivity index (χ4v) is 3.50. The number of carbonyl (C=O) groups excluding carboxylic acids is 1. The number of hydrogen-bond donors (Lipinski definition) is 1. The Morgan fingerprint density at radius 2 is 1.81 bits per heavy atom. The number of benzene rings is 2.